The van der Waals surface area contributed by atoms with Gasteiger partial charge in [0.1, 0.15) is 0 Å². The van der Waals surface area contributed by atoms with Crippen LogP contribution in [0, 0.1) is 0 Å². The Balaban J connectivity index is 1.54. The smallest absolute Gasteiger partial charge is 0.251 e. The number of nitrogens with zero attached hydrogens (tertiary/aromatic N) is 1. The Morgan fingerprint density at radius 2 is 2.30 bits per heavy atom. The standard InChI is InChI=1S/C15H16ClN3O/c16-10-6-12-5-9(3-4-19(12)8-10)15(20)18-14-7-11-1-2-13(14)17-11/h3-6,8,11,13-14,17H,1-2,7H2,(H,18,20). The van der Waals surface area contributed by atoms with Gasteiger partial charge >= 0.3 is 0 Å². The first-order valence-electron chi connectivity index (χ1n) is 7.03. The third kappa shape index (κ3) is 2.00. The van der Waals surface area contributed by atoms with Crippen LogP contribution in [0.15, 0.2) is 30.6 Å². The highest BCUT2D eigenvalue weighted by molar-refractivity contribution is 6.31. The first-order chi connectivity index (χ1) is 9.69. The Bertz CT molecular complexity index is 681. The van der Waals surface area contributed by atoms with Crippen molar-refractivity contribution in [1.82, 2.24) is 15.0 Å². The Labute approximate surface area is 122 Å². The second-order valence-corrected chi connectivity index (χ2v) is 6.21. The fourth-order valence-corrected chi connectivity index (χ4v) is 3.67. The minimum absolute atomic E-state index is 0.00386. The third-order valence-electron chi connectivity index (χ3n) is 4.44. The summed E-state index contributed by atoms with van der Waals surface area (Å²) in [5.74, 6) is 0.00386. The van der Waals surface area contributed by atoms with E-state index in [1.165, 1.54) is 12.8 Å². The summed E-state index contributed by atoms with van der Waals surface area (Å²) >= 11 is 5.97. The number of amides is 1. The molecule has 1 amide bonds. The summed E-state index contributed by atoms with van der Waals surface area (Å²) in [5.41, 5.74) is 1.63. The van der Waals surface area contributed by atoms with Gasteiger partial charge in [0.05, 0.1) is 5.02 Å². The molecule has 2 saturated heterocycles. The van der Waals surface area contributed by atoms with Crippen LogP contribution in [-0.2, 0) is 0 Å². The Kier molecular flexibility index (Phi) is 2.75. The summed E-state index contributed by atoms with van der Waals surface area (Å²) in [5, 5.41) is 7.37. The van der Waals surface area contributed by atoms with Crippen LogP contribution in [0.1, 0.15) is 29.6 Å². The predicted octanol–water partition coefficient (Wildman–Crippen LogP) is 2.22. The van der Waals surface area contributed by atoms with Crippen LogP contribution in [0.2, 0.25) is 5.02 Å². The lowest BCUT2D eigenvalue weighted by atomic mass is 9.95. The molecule has 0 aliphatic carbocycles. The highest BCUT2D eigenvalue weighted by Gasteiger charge is 2.39. The van der Waals surface area contributed by atoms with Crippen LogP contribution in [0.3, 0.4) is 0 Å². The summed E-state index contributed by atoms with van der Waals surface area (Å²) in [4.78, 5) is 12.3. The molecule has 4 rings (SSSR count). The van der Waals surface area contributed by atoms with Crippen molar-refractivity contribution in [2.24, 2.45) is 0 Å². The lowest BCUT2D eigenvalue weighted by molar-refractivity contribution is 0.0931. The molecule has 2 aliphatic rings. The summed E-state index contributed by atoms with van der Waals surface area (Å²) in [7, 11) is 0. The number of fused-ring (bicyclic) bond motifs is 3. The quantitative estimate of drug-likeness (QED) is 0.890. The summed E-state index contributed by atoms with van der Waals surface area (Å²) in [6.45, 7) is 0. The van der Waals surface area contributed by atoms with Crippen molar-refractivity contribution in [3.63, 3.8) is 0 Å². The van der Waals surface area contributed by atoms with Crippen LogP contribution in [0.25, 0.3) is 5.52 Å². The average Bonchev–Trinajstić information content (AvgIpc) is 3.10. The fourth-order valence-electron chi connectivity index (χ4n) is 3.45. The first-order valence-corrected chi connectivity index (χ1v) is 7.41. The summed E-state index contributed by atoms with van der Waals surface area (Å²) in [6.07, 6.45) is 7.16. The number of nitrogens with one attached hydrogen (secondary N) is 2. The molecule has 2 aromatic heterocycles. The lowest BCUT2D eigenvalue weighted by Gasteiger charge is -2.21. The molecular formula is C15H16ClN3O. The van der Waals surface area contributed by atoms with Gasteiger partial charge in [-0.15, -0.1) is 0 Å². The zero-order valence-corrected chi connectivity index (χ0v) is 11.7. The SMILES string of the molecule is O=C(NC1CC2CCC1N2)c1ccn2cc(Cl)cc2c1. The number of aromatic nitrogens is 1. The molecule has 2 N–H and O–H groups in total. The van der Waals surface area contributed by atoms with Crippen LogP contribution >= 0.6 is 11.6 Å². The van der Waals surface area contributed by atoms with E-state index in [1.807, 2.05) is 35.0 Å². The molecule has 0 aromatic carbocycles. The fraction of sp³-hybridized carbons (Fsp3) is 0.400. The van der Waals surface area contributed by atoms with Crippen molar-refractivity contribution in [3.8, 4) is 0 Å². The highest BCUT2D eigenvalue weighted by atomic mass is 35.5. The van der Waals surface area contributed by atoms with Gasteiger partial charge in [-0.05, 0) is 37.5 Å². The van der Waals surface area contributed by atoms with Gasteiger partial charge in [0, 0.05) is 41.6 Å². The molecule has 0 saturated carbocycles. The van der Waals surface area contributed by atoms with E-state index in [0.29, 0.717) is 22.7 Å². The number of hydrogen-bond acceptors (Lipinski definition) is 2. The molecule has 2 aliphatic heterocycles. The molecule has 2 bridgehead atoms. The molecule has 3 atom stereocenters. The zero-order chi connectivity index (χ0) is 13.7. The van der Waals surface area contributed by atoms with Crippen molar-refractivity contribution in [2.45, 2.75) is 37.4 Å². The van der Waals surface area contributed by atoms with E-state index in [2.05, 4.69) is 10.6 Å². The zero-order valence-electron chi connectivity index (χ0n) is 11.0. The second kappa shape index (κ2) is 4.50. The van der Waals surface area contributed by atoms with Crippen LogP contribution in [-0.4, -0.2) is 28.4 Å². The topological polar surface area (TPSA) is 45.5 Å². The molecule has 2 aromatic rings. The van der Waals surface area contributed by atoms with Crippen molar-refractivity contribution in [3.05, 3.63) is 41.2 Å². The van der Waals surface area contributed by atoms with Gasteiger partial charge in [-0.3, -0.25) is 4.79 Å². The summed E-state index contributed by atoms with van der Waals surface area (Å²) < 4.78 is 1.91. The van der Waals surface area contributed by atoms with Crippen LogP contribution < -0.4 is 10.6 Å². The number of rotatable bonds is 2. The van der Waals surface area contributed by atoms with Gasteiger partial charge in [-0.25, -0.2) is 0 Å². The van der Waals surface area contributed by atoms with Gasteiger partial charge in [0.25, 0.3) is 5.91 Å². The second-order valence-electron chi connectivity index (χ2n) is 5.77. The summed E-state index contributed by atoms with van der Waals surface area (Å²) in [6, 6.07) is 6.89. The number of halogens is 1. The minimum atomic E-state index is 0.00386. The third-order valence-corrected chi connectivity index (χ3v) is 4.65. The molecule has 5 heteroatoms. The molecule has 3 unspecified atom stereocenters. The van der Waals surface area contributed by atoms with E-state index in [-0.39, 0.29) is 11.9 Å². The minimum Gasteiger partial charge on any atom is -0.348 e. The molecule has 4 heterocycles. The Morgan fingerprint density at radius 3 is 3.05 bits per heavy atom. The van der Waals surface area contributed by atoms with Gasteiger partial charge < -0.3 is 15.0 Å². The van der Waals surface area contributed by atoms with Crippen molar-refractivity contribution in [2.75, 3.05) is 0 Å². The van der Waals surface area contributed by atoms with E-state index in [9.17, 15) is 4.79 Å². The van der Waals surface area contributed by atoms with E-state index in [0.717, 1.165) is 11.9 Å². The monoisotopic (exact) mass is 289 g/mol. The van der Waals surface area contributed by atoms with Gasteiger partial charge in [0.15, 0.2) is 0 Å². The lowest BCUT2D eigenvalue weighted by Crippen LogP contribution is -2.42. The Morgan fingerprint density at radius 1 is 1.40 bits per heavy atom. The van der Waals surface area contributed by atoms with Crippen molar-refractivity contribution < 1.29 is 4.79 Å². The van der Waals surface area contributed by atoms with E-state index in [1.54, 1.807) is 0 Å². The number of pyridine rings is 1. The van der Waals surface area contributed by atoms with Crippen molar-refractivity contribution >= 4 is 23.0 Å². The Hall–Kier alpha value is -1.52. The van der Waals surface area contributed by atoms with Gasteiger partial charge in [-0.2, -0.15) is 0 Å². The number of carbonyl (C=O) groups excluding carboxylic acids is 1. The van der Waals surface area contributed by atoms with E-state index < -0.39 is 0 Å². The first kappa shape index (κ1) is 12.2. The maximum Gasteiger partial charge on any atom is 0.251 e. The highest BCUT2D eigenvalue weighted by Crippen LogP contribution is 2.28. The average molecular weight is 290 g/mol. The van der Waals surface area contributed by atoms with E-state index >= 15 is 0 Å². The molecule has 0 spiro atoms. The molecule has 104 valence electrons. The molecule has 4 nitrogen and oxygen atoms in total. The van der Waals surface area contributed by atoms with Gasteiger partial charge in [0.2, 0.25) is 0 Å². The molecule has 0 radical (unpaired) electrons. The number of carbonyl (C=O) groups is 1. The van der Waals surface area contributed by atoms with E-state index in [4.69, 9.17) is 11.6 Å². The number of hydrogen-bond donors (Lipinski definition) is 2. The predicted molar refractivity (Wildman–Crippen MR) is 78.2 cm³/mol. The molecule has 2 fully saturated rings. The largest absolute Gasteiger partial charge is 0.348 e. The molecular weight excluding hydrogens is 274 g/mol. The molecule has 20 heavy (non-hydrogen) atoms. The van der Waals surface area contributed by atoms with Crippen molar-refractivity contribution in [1.29, 1.82) is 0 Å². The maximum absolute atomic E-state index is 12.3. The van der Waals surface area contributed by atoms with Gasteiger partial charge in [-0.1, -0.05) is 11.6 Å². The maximum atomic E-state index is 12.3. The van der Waals surface area contributed by atoms with Crippen LogP contribution in [0.4, 0.5) is 0 Å². The van der Waals surface area contributed by atoms with Crippen LogP contribution in [0.5, 0.6) is 0 Å². The normalized spacial score (nSPS) is 28.1.